The molecule has 3 fully saturated rings. The molecule has 16 nitrogen and oxygen atoms in total. The van der Waals surface area contributed by atoms with Gasteiger partial charge in [0, 0.05) is 68.7 Å². The smallest absolute Gasteiger partial charge is 0.339 e. The van der Waals surface area contributed by atoms with E-state index in [4.69, 9.17) is 28.4 Å². The van der Waals surface area contributed by atoms with Crippen molar-refractivity contribution >= 4 is 41.2 Å². The number of aliphatic hydroxyl groups is 3. The highest BCUT2D eigenvalue weighted by Gasteiger charge is 2.57. The van der Waals surface area contributed by atoms with Crippen molar-refractivity contribution in [2.45, 2.75) is 197 Å². The normalized spacial score (nSPS) is 33.0. The second-order valence-electron chi connectivity index (χ2n) is 23.9. The lowest BCUT2D eigenvalue weighted by Crippen LogP contribution is -2.64. The number of cyclic esters (lactones) is 1. The topological polar surface area (TPSA) is 218 Å². The fourth-order valence-corrected chi connectivity index (χ4v) is 13.7. The van der Waals surface area contributed by atoms with Crippen LogP contribution in [0.3, 0.4) is 0 Å². The number of pyridine rings is 1. The van der Waals surface area contributed by atoms with Gasteiger partial charge in [0.2, 0.25) is 5.79 Å². The minimum Gasteiger partial charge on any atom is -0.462 e. The fourth-order valence-electron chi connectivity index (χ4n) is 12.2. The molecule has 2 saturated heterocycles. The summed E-state index contributed by atoms with van der Waals surface area (Å²) in [6.07, 6.45) is 7.62. The average molecular weight is 1160 g/mol. The number of ketones is 2. The highest BCUT2D eigenvalue weighted by atomic mass is 32.2. The van der Waals surface area contributed by atoms with Crippen LogP contribution in [0.5, 0.6) is 0 Å². The Kier molecular flexibility index (Phi) is 24.3. The monoisotopic (exact) mass is 1150 g/mol. The zero-order valence-electron chi connectivity index (χ0n) is 50.2. The van der Waals surface area contributed by atoms with Gasteiger partial charge < -0.3 is 48.6 Å². The number of aliphatic hydroxyl groups excluding tert-OH is 2. The van der Waals surface area contributed by atoms with Gasteiger partial charge in [0.1, 0.15) is 29.7 Å². The number of fused-ring (bicyclic) bond motifs is 4. The van der Waals surface area contributed by atoms with Crippen LogP contribution in [0.4, 0.5) is 0 Å². The second kappa shape index (κ2) is 30.2. The predicted octanol–water partition coefficient (Wildman–Crippen LogP) is 9.07. The maximum Gasteiger partial charge on any atom is 0.339 e. The van der Waals surface area contributed by atoms with Crippen LogP contribution in [0, 0.1) is 41.4 Å². The summed E-state index contributed by atoms with van der Waals surface area (Å²) in [7, 11) is 4.61. The number of thioether (sulfide) groups is 1. The number of ether oxygens (including phenoxy) is 6. The van der Waals surface area contributed by atoms with E-state index in [9.17, 15) is 39.3 Å². The summed E-state index contributed by atoms with van der Waals surface area (Å²) in [6, 6.07) is 8.73. The van der Waals surface area contributed by atoms with Crippen LogP contribution in [0.2, 0.25) is 0 Å². The Morgan fingerprint density at radius 1 is 0.927 bits per heavy atom. The van der Waals surface area contributed by atoms with Gasteiger partial charge in [-0.2, -0.15) is 0 Å². The van der Waals surface area contributed by atoms with Crippen molar-refractivity contribution in [2.24, 2.45) is 29.6 Å². The molecule has 3 N–H and O–H groups in total. The van der Waals surface area contributed by atoms with Crippen LogP contribution in [0.25, 0.3) is 0 Å². The third-order valence-electron chi connectivity index (χ3n) is 17.2. The number of piperidine rings is 1. The fraction of sp³-hybridized carbons (Fsp3) is 0.631. The standard InChI is InChI=1S/C44H69NO12.C21H21NO2S/c1-10-13-31-19-25(2)18-26(3)20-37(54-8)40-38(55-9)22-28(5)44(52,57-40)41(49)42(50)45-17-12-11-14-32(45)43(51)56-39(29(6)34(47)24-35(31)48)27(4)21-30-15-16-33(46)36(23-30)53-7;1-4-24-20(23)16-7-9-17(22-14-16)8-5-15-6-10-19-18(13-15)21(2,3)11-12-25-19/h10,19,21,26,28-34,36-40,46-47,52H,1,11-18,20,22-24H2,2-9H3;6-7,9-10,13-14H,4,11-12H2,1-3H3/b25-19+,27-21+;/t26-,28+,29+,30-,31+,32-,33+,34-,36+,37-,38-,39+,40+,44+;/m0./s1. The molecule has 2 aromatic rings. The molecule has 4 aliphatic heterocycles. The Labute approximate surface area is 490 Å². The van der Waals surface area contributed by atoms with Crippen molar-refractivity contribution in [3.8, 4) is 11.8 Å². The molecule has 14 atom stereocenters. The number of carbonyl (C=O) groups excluding carboxylic acids is 5. The van der Waals surface area contributed by atoms with Crippen molar-refractivity contribution in [1.82, 2.24) is 9.88 Å². The first kappa shape index (κ1) is 66.1. The molecule has 2 bridgehead atoms. The number of hydrogen-bond donors (Lipinski definition) is 3. The molecule has 1 aromatic carbocycles. The summed E-state index contributed by atoms with van der Waals surface area (Å²) < 4.78 is 34.7. The number of amides is 1. The molecule has 0 radical (unpaired) electrons. The number of allylic oxidation sites excluding steroid dienone is 4. The average Bonchev–Trinajstić information content (AvgIpc) is 3.66. The number of benzene rings is 1. The van der Waals surface area contributed by atoms with Gasteiger partial charge in [-0.05, 0) is 162 Å². The Balaban J connectivity index is 0.000000357. The van der Waals surface area contributed by atoms with Gasteiger partial charge in [0.15, 0.2) is 0 Å². The molecule has 5 heterocycles. The minimum absolute atomic E-state index is 0.00988. The van der Waals surface area contributed by atoms with Crippen LogP contribution in [-0.4, -0.2) is 149 Å². The van der Waals surface area contributed by atoms with Crippen LogP contribution in [0.15, 0.2) is 77.4 Å². The zero-order valence-corrected chi connectivity index (χ0v) is 51.0. The molecular weight excluding hydrogens is 1060 g/mol. The summed E-state index contributed by atoms with van der Waals surface area (Å²) >= 11 is 1.92. The summed E-state index contributed by atoms with van der Waals surface area (Å²) in [4.78, 5) is 75.0. The van der Waals surface area contributed by atoms with E-state index in [1.165, 1.54) is 47.9 Å². The maximum absolute atomic E-state index is 14.3. The minimum atomic E-state index is -2.51. The third kappa shape index (κ3) is 16.6. The quantitative estimate of drug-likeness (QED) is 0.0923. The van der Waals surface area contributed by atoms with Crippen LogP contribution < -0.4 is 0 Å². The summed E-state index contributed by atoms with van der Waals surface area (Å²) in [5.41, 5.74) is 5.25. The van der Waals surface area contributed by atoms with Gasteiger partial charge in [-0.25, -0.2) is 14.6 Å². The molecule has 1 amide bonds. The number of rotatable bonds is 9. The van der Waals surface area contributed by atoms with Crippen LogP contribution >= 0.6 is 11.8 Å². The van der Waals surface area contributed by atoms with E-state index >= 15 is 0 Å². The van der Waals surface area contributed by atoms with E-state index in [0.29, 0.717) is 74.8 Å². The van der Waals surface area contributed by atoms with E-state index in [-0.39, 0.29) is 60.9 Å². The molecule has 7 rings (SSSR count). The SMILES string of the molecule is C=CC[C@@H]1/C=C(\C)C[C@H](C)C[C@H](OC)[C@H]2O[C@@](O)(C(=O)C(=O)N3CCCC[C@H]3C(=O)O[C@H](/C(C)=C/[C@@H]3CC[C@@H](O)[C@H](OC)C3)[C@H](C)[C@@H](O)CC1=O)[C@H](C)C[C@@H]2OC.CCOC(=O)c1ccc(C#Cc2ccc3c(c2)C(C)(C)CCS3)nc1. The van der Waals surface area contributed by atoms with Crippen molar-refractivity contribution in [3.05, 3.63) is 94.9 Å². The number of esters is 2. The van der Waals surface area contributed by atoms with Crippen molar-refractivity contribution in [2.75, 3.05) is 40.2 Å². The molecule has 1 saturated carbocycles. The highest BCUT2D eigenvalue weighted by Crippen LogP contribution is 2.42. The lowest BCUT2D eigenvalue weighted by Gasteiger charge is -2.47. The predicted molar refractivity (Wildman–Crippen MR) is 314 cm³/mol. The zero-order chi connectivity index (χ0) is 60.1. The highest BCUT2D eigenvalue weighted by molar-refractivity contribution is 7.99. The van der Waals surface area contributed by atoms with Crippen LogP contribution in [0.1, 0.15) is 160 Å². The van der Waals surface area contributed by atoms with Crippen LogP contribution in [-0.2, 0) is 53.0 Å². The van der Waals surface area contributed by atoms with E-state index in [2.05, 4.69) is 55.5 Å². The Morgan fingerprint density at radius 3 is 2.32 bits per heavy atom. The number of Topliss-reactive ketones (excluding diaryl/α,β-unsaturated/α-hetero) is 2. The van der Waals surface area contributed by atoms with Crippen molar-refractivity contribution in [3.63, 3.8) is 0 Å². The number of nitrogens with zero attached hydrogens (tertiary/aromatic N) is 2. The molecule has 17 heteroatoms. The summed E-state index contributed by atoms with van der Waals surface area (Å²) in [5, 5.41) is 34.1. The lowest BCUT2D eigenvalue weighted by atomic mass is 9.81. The maximum atomic E-state index is 14.3. The van der Waals surface area contributed by atoms with Gasteiger partial charge >= 0.3 is 11.9 Å². The molecule has 5 aliphatic rings. The molecule has 0 unspecified atom stereocenters. The van der Waals surface area contributed by atoms with E-state index < -0.39 is 83.9 Å². The van der Waals surface area contributed by atoms with Gasteiger partial charge in [-0.1, -0.05) is 64.3 Å². The third-order valence-corrected chi connectivity index (χ3v) is 18.3. The Bertz CT molecular complexity index is 2680. The van der Waals surface area contributed by atoms with Crippen molar-refractivity contribution < 1.29 is 67.7 Å². The van der Waals surface area contributed by atoms with Gasteiger partial charge in [0.05, 0.1) is 42.7 Å². The number of carbonyl (C=O) groups is 5. The molecule has 450 valence electrons. The van der Waals surface area contributed by atoms with E-state index in [0.717, 1.165) is 11.1 Å². The molecule has 0 spiro atoms. The largest absolute Gasteiger partial charge is 0.462 e. The van der Waals surface area contributed by atoms with Gasteiger partial charge in [-0.3, -0.25) is 14.4 Å². The lowest BCUT2D eigenvalue weighted by molar-refractivity contribution is -0.302. The number of methoxy groups -OCH3 is 3. The molecule has 1 aromatic heterocycles. The Hall–Kier alpha value is -5.03. The molecule has 82 heavy (non-hydrogen) atoms. The Morgan fingerprint density at radius 2 is 1.65 bits per heavy atom. The first-order valence-corrected chi connectivity index (χ1v) is 30.3. The number of aromatic nitrogens is 1. The molecular formula is C65H90N2O14S. The molecule has 1 aliphatic carbocycles. The van der Waals surface area contributed by atoms with E-state index in [1.807, 2.05) is 44.7 Å². The van der Waals surface area contributed by atoms with Gasteiger partial charge in [0.25, 0.3) is 11.7 Å². The van der Waals surface area contributed by atoms with Gasteiger partial charge in [-0.15, -0.1) is 18.3 Å². The second-order valence-corrected chi connectivity index (χ2v) is 25.0. The van der Waals surface area contributed by atoms with E-state index in [1.54, 1.807) is 46.1 Å². The van der Waals surface area contributed by atoms with Crippen molar-refractivity contribution in [1.29, 1.82) is 0 Å². The first-order valence-electron chi connectivity index (χ1n) is 29.3. The summed E-state index contributed by atoms with van der Waals surface area (Å²) in [6.45, 7) is 19.8. The summed E-state index contributed by atoms with van der Waals surface area (Å²) in [5.74, 6) is -0.691. The first-order chi connectivity index (χ1) is 39.0. The number of hydrogen-bond acceptors (Lipinski definition) is 16.